The first-order chi connectivity index (χ1) is 9.40. The first-order valence-electron chi connectivity index (χ1n) is 6.50. The molecule has 0 amide bonds. The Morgan fingerprint density at radius 1 is 1.40 bits per heavy atom. The molecule has 1 aromatic rings. The Bertz CT molecular complexity index is 520. The Kier molecular flexibility index (Phi) is 4.30. The van der Waals surface area contributed by atoms with E-state index in [1.54, 1.807) is 0 Å². The van der Waals surface area contributed by atoms with Gasteiger partial charge in [-0.05, 0) is 48.3 Å². The summed E-state index contributed by atoms with van der Waals surface area (Å²) < 4.78 is 13.3. The number of hydrogen-bond acceptors (Lipinski definition) is 4. The molecule has 1 aliphatic rings. The molecule has 0 spiro atoms. The van der Waals surface area contributed by atoms with Gasteiger partial charge in [0, 0.05) is 0 Å². The molecule has 20 heavy (non-hydrogen) atoms. The third-order valence-electron chi connectivity index (χ3n) is 3.80. The minimum Gasteiger partial charge on any atom is -0.505 e. The van der Waals surface area contributed by atoms with Crippen LogP contribution in [0.15, 0.2) is 12.1 Å². The van der Waals surface area contributed by atoms with E-state index in [1.165, 1.54) is 12.1 Å². The second-order valence-corrected chi connectivity index (χ2v) is 5.19. The van der Waals surface area contributed by atoms with Gasteiger partial charge >= 0.3 is 13.1 Å². The average molecular weight is 282 g/mol. The van der Waals surface area contributed by atoms with Crippen molar-refractivity contribution in [3.8, 4) is 5.75 Å². The summed E-state index contributed by atoms with van der Waals surface area (Å²) in [5, 5.41) is 36.3. The summed E-state index contributed by atoms with van der Waals surface area (Å²) in [7, 11) is -1.40. The lowest BCUT2D eigenvalue weighted by Crippen LogP contribution is -2.18. The van der Waals surface area contributed by atoms with E-state index >= 15 is 0 Å². The van der Waals surface area contributed by atoms with Crippen molar-refractivity contribution in [2.75, 3.05) is 0 Å². The third kappa shape index (κ3) is 2.94. The van der Waals surface area contributed by atoms with Gasteiger partial charge in [-0.15, -0.1) is 0 Å². The minimum absolute atomic E-state index is 0.179. The first kappa shape index (κ1) is 14.8. The first-order valence-corrected chi connectivity index (χ1v) is 6.50. The van der Waals surface area contributed by atoms with E-state index in [4.69, 9.17) is 10.0 Å². The van der Waals surface area contributed by atoms with E-state index in [9.17, 15) is 19.4 Å². The standard InChI is InChI=1S/C13H16BFO5/c15-10-5-8-4-7(2-1-3-14(19)20)12(13(17)18)9(8)6-11(10)16/h5-7,12,16,19-20H,1-4H2,(H,17,18). The average Bonchev–Trinajstić information content (AvgIpc) is 2.67. The van der Waals surface area contributed by atoms with Gasteiger partial charge in [0.15, 0.2) is 11.6 Å². The molecule has 1 aromatic carbocycles. The summed E-state index contributed by atoms with van der Waals surface area (Å²) in [6.07, 6.45) is 1.59. The number of phenols is 1. The maximum Gasteiger partial charge on any atom is 0.451 e. The summed E-state index contributed by atoms with van der Waals surface area (Å²) in [6, 6.07) is 2.37. The fourth-order valence-electron chi connectivity index (χ4n) is 2.91. The zero-order valence-electron chi connectivity index (χ0n) is 10.8. The summed E-state index contributed by atoms with van der Waals surface area (Å²) in [4.78, 5) is 11.4. The molecule has 0 aliphatic heterocycles. The zero-order chi connectivity index (χ0) is 14.9. The van der Waals surface area contributed by atoms with E-state index in [0.717, 1.165) is 0 Å². The van der Waals surface area contributed by atoms with Gasteiger partial charge in [-0.3, -0.25) is 4.79 Å². The summed E-state index contributed by atoms with van der Waals surface area (Å²) in [5.74, 6) is -3.31. The van der Waals surface area contributed by atoms with E-state index in [0.29, 0.717) is 30.4 Å². The van der Waals surface area contributed by atoms with Gasteiger partial charge in [0.25, 0.3) is 0 Å². The SMILES string of the molecule is O=C(O)C1c2cc(O)c(F)cc2CC1CCCB(O)O. The van der Waals surface area contributed by atoms with Crippen molar-refractivity contribution < 1.29 is 29.4 Å². The van der Waals surface area contributed by atoms with Crippen molar-refractivity contribution in [2.45, 2.75) is 31.5 Å². The van der Waals surface area contributed by atoms with Crippen molar-refractivity contribution in [3.63, 3.8) is 0 Å². The maximum atomic E-state index is 13.3. The molecule has 2 atom stereocenters. The summed E-state index contributed by atoms with van der Waals surface area (Å²) in [6.45, 7) is 0. The molecule has 0 radical (unpaired) electrons. The van der Waals surface area contributed by atoms with Gasteiger partial charge in [0.05, 0.1) is 5.92 Å². The van der Waals surface area contributed by atoms with Crippen LogP contribution in [-0.2, 0) is 11.2 Å². The highest BCUT2D eigenvalue weighted by atomic mass is 19.1. The predicted molar refractivity (Wildman–Crippen MR) is 69.9 cm³/mol. The van der Waals surface area contributed by atoms with Crippen LogP contribution in [0.1, 0.15) is 29.9 Å². The van der Waals surface area contributed by atoms with Crippen molar-refractivity contribution in [3.05, 3.63) is 29.1 Å². The molecule has 0 saturated carbocycles. The fraction of sp³-hybridized carbons (Fsp3) is 0.462. The predicted octanol–water partition coefficient (Wildman–Crippen LogP) is 1.12. The molecule has 4 N–H and O–H groups in total. The number of carboxylic acid groups (broad SMARTS) is 1. The lowest BCUT2D eigenvalue weighted by atomic mass is 9.80. The highest BCUT2D eigenvalue weighted by molar-refractivity contribution is 6.40. The Morgan fingerprint density at radius 3 is 2.70 bits per heavy atom. The Morgan fingerprint density at radius 2 is 2.10 bits per heavy atom. The monoisotopic (exact) mass is 282 g/mol. The largest absolute Gasteiger partial charge is 0.505 e. The molecule has 0 saturated heterocycles. The molecule has 0 bridgehead atoms. The van der Waals surface area contributed by atoms with Crippen LogP contribution in [0, 0.1) is 11.7 Å². The highest BCUT2D eigenvalue weighted by Gasteiger charge is 2.38. The molecule has 5 nitrogen and oxygen atoms in total. The number of aliphatic carboxylic acids is 1. The number of halogens is 1. The quantitative estimate of drug-likeness (QED) is 0.607. The highest BCUT2D eigenvalue weighted by Crippen LogP contribution is 2.42. The third-order valence-corrected chi connectivity index (χ3v) is 3.80. The summed E-state index contributed by atoms with van der Waals surface area (Å²) in [5.41, 5.74) is 1.05. The Balaban J connectivity index is 2.18. The molecular weight excluding hydrogens is 266 g/mol. The second-order valence-electron chi connectivity index (χ2n) is 5.19. The van der Waals surface area contributed by atoms with E-state index in [-0.39, 0.29) is 12.2 Å². The molecule has 7 heteroatoms. The maximum absolute atomic E-state index is 13.3. The van der Waals surface area contributed by atoms with Crippen LogP contribution in [-0.4, -0.2) is 33.3 Å². The number of hydrogen-bond donors (Lipinski definition) is 4. The molecule has 1 aliphatic carbocycles. The van der Waals surface area contributed by atoms with Gasteiger partial charge in [-0.2, -0.15) is 0 Å². The lowest BCUT2D eigenvalue weighted by Gasteiger charge is -2.16. The number of phenolic OH excluding ortho intramolecular Hbond substituents is 1. The van der Waals surface area contributed by atoms with Crippen LogP contribution < -0.4 is 0 Å². The van der Waals surface area contributed by atoms with E-state index in [2.05, 4.69) is 0 Å². The number of fused-ring (bicyclic) bond motifs is 1. The zero-order valence-corrected chi connectivity index (χ0v) is 10.8. The molecule has 0 aromatic heterocycles. The fourth-order valence-corrected chi connectivity index (χ4v) is 2.91. The molecular formula is C13H16BFO5. The number of carboxylic acids is 1. The molecule has 0 heterocycles. The second kappa shape index (κ2) is 5.81. The smallest absolute Gasteiger partial charge is 0.451 e. The molecule has 0 fully saturated rings. The molecule has 108 valence electrons. The van der Waals surface area contributed by atoms with Crippen LogP contribution in [0.4, 0.5) is 4.39 Å². The lowest BCUT2D eigenvalue weighted by molar-refractivity contribution is -0.139. The molecule has 2 rings (SSSR count). The van der Waals surface area contributed by atoms with Crippen molar-refractivity contribution in [1.82, 2.24) is 0 Å². The van der Waals surface area contributed by atoms with E-state index < -0.39 is 30.6 Å². The Hall–Kier alpha value is -1.60. The van der Waals surface area contributed by atoms with Gasteiger partial charge in [-0.25, -0.2) is 4.39 Å². The normalized spacial score (nSPS) is 20.8. The van der Waals surface area contributed by atoms with Gasteiger partial charge in [-0.1, -0.05) is 6.42 Å². The Labute approximate surface area is 115 Å². The van der Waals surface area contributed by atoms with E-state index in [1.807, 2.05) is 0 Å². The van der Waals surface area contributed by atoms with Crippen LogP contribution in [0.5, 0.6) is 5.75 Å². The number of carbonyl (C=O) groups is 1. The molecule has 2 unspecified atom stereocenters. The number of aromatic hydroxyl groups is 1. The minimum atomic E-state index is -1.40. The van der Waals surface area contributed by atoms with Crippen molar-refractivity contribution in [1.29, 1.82) is 0 Å². The van der Waals surface area contributed by atoms with Crippen molar-refractivity contribution >= 4 is 13.1 Å². The topological polar surface area (TPSA) is 98.0 Å². The van der Waals surface area contributed by atoms with Crippen LogP contribution in [0.25, 0.3) is 0 Å². The van der Waals surface area contributed by atoms with Crippen molar-refractivity contribution in [2.24, 2.45) is 5.92 Å². The number of rotatable bonds is 5. The van der Waals surface area contributed by atoms with Crippen LogP contribution in [0.2, 0.25) is 6.32 Å². The van der Waals surface area contributed by atoms with Crippen LogP contribution >= 0.6 is 0 Å². The number of benzene rings is 1. The van der Waals surface area contributed by atoms with Gasteiger partial charge < -0.3 is 20.3 Å². The van der Waals surface area contributed by atoms with Gasteiger partial charge in [0.2, 0.25) is 0 Å². The van der Waals surface area contributed by atoms with Crippen LogP contribution in [0.3, 0.4) is 0 Å². The summed E-state index contributed by atoms with van der Waals surface area (Å²) >= 11 is 0. The van der Waals surface area contributed by atoms with Gasteiger partial charge in [0.1, 0.15) is 0 Å².